The number of benzene rings is 2. The van der Waals surface area contributed by atoms with Gasteiger partial charge >= 0.3 is 0 Å². The van der Waals surface area contributed by atoms with Crippen LogP contribution in [0.2, 0.25) is 5.02 Å². The number of hydrogen-bond acceptors (Lipinski definition) is 3. The molecule has 124 valence electrons. The van der Waals surface area contributed by atoms with E-state index in [0.29, 0.717) is 22.6 Å². The molecule has 0 saturated carbocycles. The Kier molecular flexibility index (Phi) is 4.11. The van der Waals surface area contributed by atoms with Gasteiger partial charge in [-0.05, 0) is 42.0 Å². The van der Waals surface area contributed by atoms with Gasteiger partial charge in [0.25, 0.3) is 5.56 Å². The van der Waals surface area contributed by atoms with Crippen molar-refractivity contribution in [3.8, 4) is 11.3 Å². The summed E-state index contributed by atoms with van der Waals surface area (Å²) in [6.07, 6.45) is 0. The Morgan fingerprint density at radius 1 is 1.00 bits per heavy atom. The maximum atomic E-state index is 13.2. The Labute approximate surface area is 151 Å². The second-order valence-corrected chi connectivity index (χ2v) is 6.82. The molecular weight excluding hydrogens is 359 g/mol. The van der Waals surface area contributed by atoms with Gasteiger partial charge in [0.15, 0.2) is 0 Å². The molecule has 4 aromatic rings. The molecule has 6 heteroatoms. The third kappa shape index (κ3) is 3.08. The fraction of sp³-hybridized carbons (Fsp3) is 0.0526. The number of thiophene rings is 1. The second kappa shape index (κ2) is 6.43. The van der Waals surface area contributed by atoms with E-state index in [4.69, 9.17) is 11.6 Å². The molecule has 0 fully saturated rings. The van der Waals surface area contributed by atoms with E-state index in [1.54, 1.807) is 24.3 Å². The predicted octanol–water partition coefficient (Wildman–Crippen LogP) is 4.97. The van der Waals surface area contributed by atoms with Crippen LogP contribution in [-0.2, 0) is 6.54 Å². The van der Waals surface area contributed by atoms with Crippen molar-refractivity contribution in [3.63, 3.8) is 0 Å². The van der Waals surface area contributed by atoms with Crippen LogP contribution in [0.3, 0.4) is 0 Å². The highest BCUT2D eigenvalue weighted by molar-refractivity contribution is 7.09. The first-order valence-electron chi connectivity index (χ1n) is 7.59. The molecule has 2 aromatic heterocycles. The molecule has 0 aliphatic rings. The molecule has 0 aliphatic carbocycles. The highest BCUT2D eigenvalue weighted by atomic mass is 35.5. The summed E-state index contributed by atoms with van der Waals surface area (Å²) in [6.45, 7) is 0.343. The Bertz CT molecular complexity index is 1100. The highest BCUT2D eigenvalue weighted by Gasteiger charge is 2.13. The van der Waals surface area contributed by atoms with E-state index >= 15 is 0 Å². The summed E-state index contributed by atoms with van der Waals surface area (Å²) in [5.41, 5.74) is 2.23. The van der Waals surface area contributed by atoms with Crippen LogP contribution in [0.15, 0.2) is 64.1 Å². The minimum absolute atomic E-state index is 0.142. The van der Waals surface area contributed by atoms with Gasteiger partial charge in [-0.15, -0.1) is 0 Å². The molecule has 0 N–H and O–H groups in total. The van der Waals surface area contributed by atoms with E-state index in [2.05, 4.69) is 5.10 Å². The molecule has 4 rings (SSSR count). The van der Waals surface area contributed by atoms with Gasteiger partial charge in [-0.25, -0.2) is 9.07 Å². The number of hydrogen-bond donors (Lipinski definition) is 0. The molecule has 2 aromatic carbocycles. The summed E-state index contributed by atoms with van der Waals surface area (Å²) in [6, 6.07) is 13.4. The van der Waals surface area contributed by atoms with Crippen molar-refractivity contribution in [2.75, 3.05) is 0 Å². The number of halogens is 2. The van der Waals surface area contributed by atoms with Gasteiger partial charge in [0.2, 0.25) is 0 Å². The summed E-state index contributed by atoms with van der Waals surface area (Å²) in [5.74, 6) is -0.306. The first-order chi connectivity index (χ1) is 12.1. The Morgan fingerprint density at radius 3 is 2.40 bits per heavy atom. The standard InChI is InChI=1S/C19H12ClFN2OS/c20-14-5-1-12(2-6-14)9-23-19(24)17-11-25-10-16(17)18(22-23)13-3-7-15(21)8-4-13/h1-8,10-11H,9H2. The zero-order valence-electron chi connectivity index (χ0n) is 12.9. The van der Waals surface area contributed by atoms with Gasteiger partial charge in [0.05, 0.1) is 17.6 Å². The van der Waals surface area contributed by atoms with Gasteiger partial charge in [-0.2, -0.15) is 16.4 Å². The molecule has 2 heterocycles. The summed E-state index contributed by atoms with van der Waals surface area (Å²) < 4.78 is 14.7. The largest absolute Gasteiger partial charge is 0.275 e. The molecule has 0 atom stereocenters. The number of aromatic nitrogens is 2. The maximum absolute atomic E-state index is 13.2. The van der Waals surface area contributed by atoms with Gasteiger partial charge in [-0.3, -0.25) is 4.79 Å². The fourth-order valence-corrected chi connectivity index (χ4v) is 3.63. The first kappa shape index (κ1) is 16.0. The van der Waals surface area contributed by atoms with Gasteiger partial charge in [-0.1, -0.05) is 23.7 Å². The molecule has 0 unspecified atom stereocenters. The molecule has 0 aliphatic heterocycles. The number of nitrogens with zero attached hydrogens (tertiary/aromatic N) is 2. The lowest BCUT2D eigenvalue weighted by Gasteiger charge is -2.10. The van der Waals surface area contributed by atoms with E-state index in [0.717, 1.165) is 16.5 Å². The van der Waals surface area contributed by atoms with Crippen molar-refractivity contribution in [1.82, 2.24) is 9.78 Å². The lowest BCUT2D eigenvalue weighted by atomic mass is 10.1. The first-order valence-corrected chi connectivity index (χ1v) is 8.91. The maximum Gasteiger partial charge on any atom is 0.275 e. The van der Waals surface area contributed by atoms with Crippen LogP contribution < -0.4 is 5.56 Å². The van der Waals surface area contributed by atoms with Crippen LogP contribution in [0.25, 0.3) is 22.0 Å². The van der Waals surface area contributed by atoms with Crippen molar-refractivity contribution in [2.45, 2.75) is 6.54 Å². The zero-order valence-corrected chi connectivity index (χ0v) is 14.5. The molecular formula is C19H12ClFN2OS. The Balaban J connectivity index is 1.87. The number of rotatable bonds is 3. The van der Waals surface area contributed by atoms with Crippen LogP contribution in [0, 0.1) is 5.82 Å². The van der Waals surface area contributed by atoms with E-state index in [1.165, 1.54) is 28.2 Å². The van der Waals surface area contributed by atoms with E-state index in [1.807, 2.05) is 22.9 Å². The minimum atomic E-state index is -0.306. The lowest BCUT2D eigenvalue weighted by Crippen LogP contribution is -2.23. The summed E-state index contributed by atoms with van der Waals surface area (Å²) in [5, 5.41) is 10.3. The average molecular weight is 371 g/mol. The smallest absolute Gasteiger partial charge is 0.267 e. The summed E-state index contributed by atoms with van der Waals surface area (Å²) >= 11 is 7.37. The fourth-order valence-electron chi connectivity index (χ4n) is 2.70. The van der Waals surface area contributed by atoms with E-state index in [-0.39, 0.29) is 11.4 Å². The van der Waals surface area contributed by atoms with Gasteiger partial charge in [0, 0.05) is 26.7 Å². The van der Waals surface area contributed by atoms with Gasteiger partial charge < -0.3 is 0 Å². The SMILES string of the molecule is O=c1c2cscc2c(-c2ccc(F)cc2)nn1Cc1ccc(Cl)cc1. The topological polar surface area (TPSA) is 34.9 Å². The van der Waals surface area contributed by atoms with Crippen LogP contribution in [-0.4, -0.2) is 9.78 Å². The molecule has 0 radical (unpaired) electrons. The third-order valence-corrected chi connectivity index (χ3v) is 4.96. The summed E-state index contributed by atoms with van der Waals surface area (Å²) in [7, 11) is 0. The molecule has 0 saturated heterocycles. The Hall–Kier alpha value is -2.50. The lowest BCUT2D eigenvalue weighted by molar-refractivity contribution is 0.627. The van der Waals surface area contributed by atoms with Crippen LogP contribution >= 0.6 is 22.9 Å². The van der Waals surface area contributed by atoms with Crippen molar-refractivity contribution in [3.05, 3.63) is 86.0 Å². The monoisotopic (exact) mass is 370 g/mol. The van der Waals surface area contributed by atoms with E-state index < -0.39 is 0 Å². The van der Waals surface area contributed by atoms with Crippen molar-refractivity contribution in [1.29, 1.82) is 0 Å². The molecule has 25 heavy (non-hydrogen) atoms. The quantitative estimate of drug-likeness (QED) is 0.510. The number of fused-ring (bicyclic) bond motifs is 1. The van der Waals surface area contributed by atoms with Crippen molar-refractivity contribution < 1.29 is 4.39 Å². The highest BCUT2D eigenvalue weighted by Crippen LogP contribution is 2.27. The molecule has 0 bridgehead atoms. The third-order valence-electron chi connectivity index (χ3n) is 3.97. The normalized spacial score (nSPS) is 11.1. The van der Waals surface area contributed by atoms with Gasteiger partial charge in [0.1, 0.15) is 5.82 Å². The summed E-state index contributed by atoms with van der Waals surface area (Å²) in [4.78, 5) is 12.7. The van der Waals surface area contributed by atoms with Crippen molar-refractivity contribution >= 4 is 33.7 Å². The molecule has 0 spiro atoms. The van der Waals surface area contributed by atoms with E-state index in [9.17, 15) is 9.18 Å². The van der Waals surface area contributed by atoms with Crippen LogP contribution in [0.1, 0.15) is 5.56 Å². The molecule has 3 nitrogen and oxygen atoms in total. The minimum Gasteiger partial charge on any atom is -0.267 e. The zero-order chi connectivity index (χ0) is 17.4. The van der Waals surface area contributed by atoms with Crippen LogP contribution in [0.4, 0.5) is 4.39 Å². The Morgan fingerprint density at radius 2 is 1.68 bits per heavy atom. The second-order valence-electron chi connectivity index (χ2n) is 5.64. The predicted molar refractivity (Wildman–Crippen MR) is 99.8 cm³/mol. The van der Waals surface area contributed by atoms with Crippen molar-refractivity contribution in [2.24, 2.45) is 0 Å². The molecule has 0 amide bonds. The average Bonchev–Trinajstić information content (AvgIpc) is 3.10. The van der Waals surface area contributed by atoms with Crippen LogP contribution in [0.5, 0.6) is 0 Å².